The van der Waals surface area contributed by atoms with Gasteiger partial charge in [-0.1, -0.05) is 301 Å². The number of unbranched alkanes of at least 4 members (excludes halogenated alkanes) is 42. The van der Waals surface area contributed by atoms with Gasteiger partial charge in [0.1, 0.15) is 0 Å². The number of carbonyl (C=O) groups is 1. The lowest BCUT2D eigenvalue weighted by atomic mass is 10.0. The van der Waals surface area contributed by atoms with Crippen LogP contribution in [0.4, 0.5) is 0 Å². The zero-order chi connectivity index (χ0) is 45.6. The Balaban J connectivity index is 3.45. The molecular weight excluding hydrogens is 771 g/mol. The smallest absolute Gasteiger partial charge is 0.220 e. The average molecular weight is 885 g/mol. The number of rotatable bonds is 53. The molecule has 3 N–H and O–H groups in total. The van der Waals surface area contributed by atoms with Crippen LogP contribution in [0.15, 0.2) is 36.5 Å². The van der Waals surface area contributed by atoms with E-state index in [4.69, 9.17) is 0 Å². The Kier molecular flexibility index (Phi) is 53.7. The van der Waals surface area contributed by atoms with Crippen molar-refractivity contribution in [1.29, 1.82) is 0 Å². The largest absolute Gasteiger partial charge is 0.394 e. The van der Waals surface area contributed by atoms with Crippen molar-refractivity contribution in [2.75, 3.05) is 6.61 Å². The summed E-state index contributed by atoms with van der Waals surface area (Å²) in [6.45, 7) is 4.32. The molecule has 2 atom stereocenters. The van der Waals surface area contributed by atoms with Gasteiger partial charge in [0.25, 0.3) is 0 Å². The van der Waals surface area contributed by atoms with Gasteiger partial charge in [0.15, 0.2) is 0 Å². The average Bonchev–Trinajstić information content (AvgIpc) is 3.29. The van der Waals surface area contributed by atoms with Crippen molar-refractivity contribution in [1.82, 2.24) is 5.32 Å². The van der Waals surface area contributed by atoms with Crippen LogP contribution in [0.2, 0.25) is 0 Å². The number of hydrogen-bond acceptors (Lipinski definition) is 3. The third-order valence-corrected chi connectivity index (χ3v) is 13.4. The maximum absolute atomic E-state index is 12.5. The quantitative estimate of drug-likeness (QED) is 0.0421. The van der Waals surface area contributed by atoms with E-state index in [0.717, 1.165) is 38.5 Å². The first-order chi connectivity index (χ1) is 31.2. The molecule has 372 valence electrons. The Morgan fingerprint density at radius 2 is 0.619 bits per heavy atom. The lowest BCUT2D eigenvalue weighted by Crippen LogP contribution is -2.45. The summed E-state index contributed by atoms with van der Waals surface area (Å²) in [5.41, 5.74) is 0. The fourth-order valence-corrected chi connectivity index (χ4v) is 8.98. The van der Waals surface area contributed by atoms with Gasteiger partial charge in [0, 0.05) is 6.42 Å². The SMILES string of the molecule is CCCCCCCCCC/C=C/CC/C=C/CC/C=C/C(O)C(CO)NC(=O)CCCCCCCCCCCCCCCCCCCCCCCCCCCCCCCCCCC. The molecule has 0 fully saturated rings. The predicted octanol–water partition coefficient (Wildman–Crippen LogP) is 18.9. The normalized spacial score (nSPS) is 13.0. The van der Waals surface area contributed by atoms with Crippen LogP contribution in [0.25, 0.3) is 0 Å². The second-order valence-electron chi connectivity index (χ2n) is 19.7. The summed E-state index contributed by atoms with van der Waals surface area (Å²) in [4.78, 5) is 12.5. The van der Waals surface area contributed by atoms with Crippen LogP contribution in [0, 0.1) is 0 Å². The van der Waals surface area contributed by atoms with Crippen molar-refractivity contribution in [2.24, 2.45) is 0 Å². The number of allylic oxidation sites excluding steroid dienone is 5. The maximum Gasteiger partial charge on any atom is 0.220 e. The molecule has 0 radical (unpaired) electrons. The van der Waals surface area contributed by atoms with Crippen LogP contribution in [0.1, 0.15) is 316 Å². The van der Waals surface area contributed by atoms with Crippen LogP contribution < -0.4 is 5.32 Å². The van der Waals surface area contributed by atoms with Gasteiger partial charge in [-0.2, -0.15) is 0 Å². The molecule has 0 rings (SSSR count). The van der Waals surface area contributed by atoms with E-state index in [-0.39, 0.29) is 12.5 Å². The van der Waals surface area contributed by atoms with Gasteiger partial charge in [-0.05, 0) is 44.9 Å². The van der Waals surface area contributed by atoms with Crippen molar-refractivity contribution in [3.05, 3.63) is 36.5 Å². The zero-order valence-electron chi connectivity index (χ0n) is 42.9. The minimum Gasteiger partial charge on any atom is -0.394 e. The highest BCUT2D eigenvalue weighted by Crippen LogP contribution is 2.18. The molecule has 0 bridgehead atoms. The number of aliphatic hydroxyl groups is 2. The predicted molar refractivity (Wildman–Crippen MR) is 281 cm³/mol. The second kappa shape index (κ2) is 54.9. The monoisotopic (exact) mass is 884 g/mol. The Labute approximate surface area is 395 Å². The minimum atomic E-state index is -0.868. The molecule has 0 heterocycles. The van der Waals surface area contributed by atoms with Gasteiger partial charge in [0.2, 0.25) is 5.91 Å². The molecule has 0 saturated heterocycles. The van der Waals surface area contributed by atoms with Crippen LogP contribution in [0.3, 0.4) is 0 Å². The first-order valence-electron chi connectivity index (χ1n) is 28.7. The van der Waals surface area contributed by atoms with Crippen molar-refractivity contribution in [3.63, 3.8) is 0 Å². The molecule has 4 nitrogen and oxygen atoms in total. The van der Waals surface area contributed by atoms with Crippen molar-refractivity contribution >= 4 is 5.91 Å². The van der Waals surface area contributed by atoms with Crippen LogP contribution in [-0.2, 0) is 4.79 Å². The summed E-state index contributed by atoms with van der Waals surface area (Å²) in [7, 11) is 0. The van der Waals surface area contributed by atoms with E-state index < -0.39 is 12.1 Å². The third-order valence-electron chi connectivity index (χ3n) is 13.4. The number of aliphatic hydroxyl groups excluding tert-OH is 2. The number of amides is 1. The molecule has 0 aromatic heterocycles. The van der Waals surface area contributed by atoms with E-state index in [1.165, 1.54) is 257 Å². The van der Waals surface area contributed by atoms with E-state index in [1.807, 2.05) is 6.08 Å². The number of carbonyl (C=O) groups excluding carboxylic acids is 1. The molecule has 0 saturated carbocycles. The summed E-state index contributed by atoms with van der Waals surface area (Å²) in [6, 6.07) is -0.643. The van der Waals surface area contributed by atoms with Crippen molar-refractivity contribution in [3.8, 4) is 0 Å². The Bertz CT molecular complexity index is 958. The lowest BCUT2D eigenvalue weighted by Gasteiger charge is -2.19. The van der Waals surface area contributed by atoms with Crippen LogP contribution in [0.5, 0.6) is 0 Å². The molecule has 0 aromatic carbocycles. The molecule has 0 aliphatic carbocycles. The third kappa shape index (κ3) is 51.5. The first kappa shape index (κ1) is 61.6. The highest BCUT2D eigenvalue weighted by molar-refractivity contribution is 5.76. The topological polar surface area (TPSA) is 69.6 Å². The molecule has 63 heavy (non-hydrogen) atoms. The maximum atomic E-state index is 12.5. The summed E-state index contributed by atoms with van der Waals surface area (Å²) in [5.74, 6) is -0.0722. The summed E-state index contributed by atoms with van der Waals surface area (Å²) in [5, 5.41) is 23.1. The van der Waals surface area contributed by atoms with Crippen molar-refractivity contribution < 1.29 is 15.0 Å². The molecule has 1 amide bonds. The van der Waals surface area contributed by atoms with Gasteiger partial charge < -0.3 is 15.5 Å². The van der Waals surface area contributed by atoms with Crippen LogP contribution in [-0.4, -0.2) is 34.9 Å². The van der Waals surface area contributed by atoms with Crippen LogP contribution >= 0.6 is 0 Å². The molecule has 4 heteroatoms. The molecule has 0 aliphatic rings. The van der Waals surface area contributed by atoms with Gasteiger partial charge in [0.05, 0.1) is 18.8 Å². The summed E-state index contributed by atoms with van der Waals surface area (Å²) >= 11 is 0. The lowest BCUT2D eigenvalue weighted by molar-refractivity contribution is -0.123. The van der Waals surface area contributed by atoms with E-state index in [2.05, 4.69) is 43.5 Å². The highest BCUT2D eigenvalue weighted by atomic mass is 16.3. The van der Waals surface area contributed by atoms with E-state index in [0.29, 0.717) is 6.42 Å². The molecule has 0 aromatic rings. The Hall–Kier alpha value is -1.39. The molecule has 2 unspecified atom stereocenters. The fourth-order valence-electron chi connectivity index (χ4n) is 8.98. The van der Waals surface area contributed by atoms with Gasteiger partial charge in [-0.25, -0.2) is 0 Å². The Morgan fingerprint density at radius 3 is 0.921 bits per heavy atom. The molecule has 0 spiro atoms. The highest BCUT2D eigenvalue weighted by Gasteiger charge is 2.18. The molecule has 0 aliphatic heterocycles. The van der Waals surface area contributed by atoms with Gasteiger partial charge in [-0.3, -0.25) is 4.79 Å². The number of nitrogens with one attached hydrogen (secondary N) is 1. The van der Waals surface area contributed by atoms with E-state index in [1.54, 1.807) is 6.08 Å². The summed E-state index contributed by atoms with van der Waals surface area (Å²) < 4.78 is 0. The first-order valence-corrected chi connectivity index (χ1v) is 28.7. The standard InChI is InChI=1S/C59H113NO3/c1-3-5-7-9-11-13-15-17-19-21-23-24-25-26-27-28-29-30-31-32-33-34-35-36-37-39-41-43-45-47-49-51-53-55-59(63)60-57(56-61)58(62)54-52-50-48-46-44-42-40-38-22-20-18-16-14-12-10-8-6-4-2/h22,38,44,46,52,54,57-58,61-62H,3-21,23-37,39-43,45,47-51,53,55-56H2,1-2H3,(H,60,63)/b38-22+,46-44+,54-52+. The van der Waals surface area contributed by atoms with E-state index >= 15 is 0 Å². The van der Waals surface area contributed by atoms with Gasteiger partial charge >= 0.3 is 0 Å². The van der Waals surface area contributed by atoms with Crippen molar-refractivity contribution in [2.45, 2.75) is 328 Å². The molecular formula is C59H113NO3. The second-order valence-corrected chi connectivity index (χ2v) is 19.7. The van der Waals surface area contributed by atoms with Gasteiger partial charge in [-0.15, -0.1) is 0 Å². The Morgan fingerprint density at radius 1 is 0.365 bits per heavy atom. The zero-order valence-corrected chi connectivity index (χ0v) is 42.9. The van der Waals surface area contributed by atoms with E-state index in [9.17, 15) is 15.0 Å². The summed E-state index contributed by atoms with van der Waals surface area (Å²) in [6.07, 6.45) is 74.7. The fraction of sp³-hybridized carbons (Fsp3) is 0.881. The minimum absolute atomic E-state index is 0.0722. The number of hydrogen-bond donors (Lipinski definition) is 3.